The van der Waals surface area contributed by atoms with E-state index in [2.05, 4.69) is 15.6 Å². The maximum absolute atomic E-state index is 12.0. The highest BCUT2D eigenvalue weighted by molar-refractivity contribution is 7.11. The van der Waals surface area contributed by atoms with Gasteiger partial charge in [-0.1, -0.05) is 0 Å². The SMILES string of the molecule is Cc1nc(C(=O)NC2CCNCC2)c(C)s1. The molecule has 88 valence electrons. The average Bonchev–Trinajstić information content (AvgIpc) is 2.59. The number of amides is 1. The van der Waals surface area contributed by atoms with Crippen LogP contribution in [0.1, 0.15) is 33.2 Å². The number of thiazole rings is 1. The van der Waals surface area contributed by atoms with Crippen molar-refractivity contribution >= 4 is 17.2 Å². The first-order valence-corrected chi connectivity index (χ1v) is 6.44. The zero-order valence-electron chi connectivity index (χ0n) is 9.67. The molecule has 2 heterocycles. The summed E-state index contributed by atoms with van der Waals surface area (Å²) in [6, 6.07) is 0.301. The molecule has 0 bridgehead atoms. The first-order valence-electron chi connectivity index (χ1n) is 5.62. The van der Waals surface area contributed by atoms with E-state index >= 15 is 0 Å². The van der Waals surface area contributed by atoms with E-state index < -0.39 is 0 Å². The van der Waals surface area contributed by atoms with Crippen LogP contribution in [0.3, 0.4) is 0 Å². The van der Waals surface area contributed by atoms with Gasteiger partial charge in [0.2, 0.25) is 0 Å². The highest BCUT2D eigenvalue weighted by atomic mass is 32.1. The molecule has 4 nitrogen and oxygen atoms in total. The Morgan fingerprint density at radius 3 is 2.69 bits per heavy atom. The number of nitrogens with zero attached hydrogens (tertiary/aromatic N) is 1. The quantitative estimate of drug-likeness (QED) is 0.816. The van der Waals surface area contributed by atoms with Crippen LogP contribution in [0.15, 0.2) is 0 Å². The standard InChI is InChI=1S/C11H17N3OS/c1-7-10(13-8(2)16-7)11(15)14-9-3-5-12-6-4-9/h9,12H,3-6H2,1-2H3,(H,14,15). The lowest BCUT2D eigenvalue weighted by Gasteiger charge is -2.23. The van der Waals surface area contributed by atoms with Crippen LogP contribution in [0, 0.1) is 13.8 Å². The number of carbonyl (C=O) groups excluding carboxylic acids is 1. The molecule has 1 fully saturated rings. The lowest BCUT2D eigenvalue weighted by Crippen LogP contribution is -2.42. The molecule has 2 rings (SSSR count). The first kappa shape index (κ1) is 11.5. The maximum Gasteiger partial charge on any atom is 0.271 e. The van der Waals surface area contributed by atoms with Gasteiger partial charge in [0, 0.05) is 10.9 Å². The first-order chi connectivity index (χ1) is 7.66. The summed E-state index contributed by atoms with van der Waals surface area (Å²) in [5.41, 5.74) is 0.598. The van der Waals surface area contributed by atoms with Gasteiger partial charge in [-0.25, -0.2) is 4.98 Å². The Balaban J connectivity index is 1.99. The van der Waals surface area contributed by atoms with Gasteiger partial charge in [0.1, 0.15) is 5.69 Å². The van der Waals surface area contributed by atoms with Gasteiger partial charge in [-0.3, -0.25) is 4.79 Å². The molecule has 2 N–H and O–H groups in total. The van der Waals surface area contributed by atoms with Crippen LogP contribution in [-0.4, -0.2) is 30.0 Å². The number of hydrogen-bond acceptors (Lipinski definition) is 4. The number of aromatic nitrogens is 1. The second kappa shape index (κ2) is 4.93. The number of rotatable bonds is 2. The highest BCUT2D eigenvalue weighted by Crippen LogP contribution is 2.16. The van der Waals surface area contributed by atoms with Gasteiger partial charge >= 0.3 is 0 Å². The Labute approximate surface area is 99.5 Å². The molecule has 1 aliphatic heterocycles. The minimum atomic E-state index is -0.0197. The van der Waals surface area contributed by atoms with E-state index in [4.69, 9.17) is 0 Å². The third-order valence-electron chi connectivity index (χ3n) is 2.79. The van der Waals surface area contributed by atoms with Crippen LogP contribution in [0.2, 0.25) is 0 Å². The third-order valence-corrected chi connectivity index (χ3v) is 3.68. The monoisotopic (exact) mass is 239 g/mol. The molecule has 0 atom stereocenters. The fraction of sp³-hybridized carbons (Fsp3) is 0.636. The number of hydrogen-bond donors (Lipinski definition) is 2. The van der Waals surface area contributed by atoms with Gasteiger partial charge in [0.05, 0.1) is 5.01 Å². The van der Waals surface area contributed by atoms with E-state index in [1.165, 1.54) is 0 Å². The van der Waals surface area contributed by atoms with Crippen molar-refractivity contribution in [1.82, 2.24) is 15.6 Å². The predicted octanol–water partition coefficient (Wildman–Crippen LogP) is 1.24. The number of aryl methyl sites for hydroxylation is 2. The van der Waals surface area contributed by atoms with Gasteiger partial charge in [-0.05, 0) is 39.8 Å². The summed E-state index contributed by atoms with van der Waals surface area (Å²) >= 11 is 1.58. The van der Waals surface area contributed by atoms with E-state index in [0.29, 0.717) is 11.7 Å². The van der Waals surface area contributed by atoms with Crippen LogP contribution < -0.4 is 10.6 Å². The van der Waals surface area contributed by atoms with Crippen LogP contribution in [-0.2, 0) is 0 Å². The molecule has 0 unspecified atom stereocenters. The van der Waals surface area contributed by atoms with Crippen molar-refractivity contribution in [3.05, 3.63) is 15.6 Å². The van der Waals surface area contributed by atoms with Crippen LogP contribution in [0.5, 0.6) is 0 Å². The van der Waals surface area contributed by atoms with E-state index in [-0.39, 0.29) is 5.91 Å². The van der Waals surface area contributed by atoms with E-state index in [0.717, 1.165) is 35.8 Å². The summed E-state index contributed by atoms with van der Waals surface area (Å²) in [6.45, 7) is 5.85. The molecule has 1 amide bonds. The summed E-state index contributed by atoms with van der Waals surface area (Å²) < 4.78 is 0. The van der Waals surface area contributed by atoms with Gasteiger partial charge in [0.15, 0.2) is 0 Å². The lowest BCUT2D eigenvalue weighted by atomic mass is 10.1. The molecule has 1 aromatic rings. The lowest BCUT2D eigenvalue weighted by molar-refractivity contribution is 0.0924. The highest BCUT2D eigenvalue weighted by Gasteiger charge is 2.19. The van der Waals surface area contributed by atoms with Crippen molar-refractivity contribution in [3.8, 4) is 0 Å². The zero-order chi connectivity index (χ0) is 11.5. The van der Waals surface area contributed by atoms with Gasteiger partial charge in [0.25, 0.3) is 5.91 Å². The topological polar surface area (TPSA) is 54.0 Å². The number of piperidine rings is 1. The fourth-order valence-electron chi connectivity index (χ4n) is 1.96. The number of carbonyl (C=O) groups is 1. The van der Waals surface area contributed by atoms with Crippen molar-refractivity contribution in [2.24, 2.45) is 0 Å². The summed E-state index contributed by atoms with van der Waals surface area (Å²) in [7, 11) is 0. The van der Waals surface area contributed by atoms with Crippen molar-refractivity contribution in [1.29, 1.82) is 0 Å². The molecule has 0 spiro atoms. The summed E-state index contributed by atoms with van der Waals surface area (Å²) in [4.78, 5) is 17.2. The van der Waals surface area contributed by atoms with Crippen molar-refractivity contribution in [3.63, 3.8) is 0 Å². The van der Waals surface area contributed by atoms with E-state index in [1.807, 2.05) is 13.8 Å². The summed E-state index contributed by atoms with van der Waals surface area (Å²) in [5, 5.41) is 7.28. The molecule has 1 saturated heterocycles. The van der Waals surface area contributed by atoms with Crippen LogP contribution in [0.25, 0.3) is 0 Å². The molecular formula is C11H17N3OS. The van der Waals surface area contributed by atoms with Crippen molar-refractivity contribution in [2.75, 3.05) is 13.1 Å². The smallest absolute Gasteiger partial charge is 0.271 e. The van der Waals surface area contributed by atoms with Crippen LogP contribution >= 0.6 is 11.3 Å². The molecule has 5 heteroatoms. The second-order valence-corrected chi connectivity index (χ2v) is 5.54. The fourth-order valence-corrected chi connectivity index (χ4v) is 2.77. The Kier molecular flexibility index (Phi) is 3.56. The second-order valence-electron chi connectivity index (χ2n) is 4.14. The number of nitrogens with one attached hydrogen (secondary N) is 2. The largest absolute Gasteiger partial charge is 0.348 e. The average molecular weight is 239 g/mol. The normalized spacial score (nSPS) is 17.4. The predicted molar refractivity (Wildman–Crippen MR) is 64.9 cm³/mol. The van der Waals surface area contributed by atoms with Crippen LogP contribution in [0.4, 0.5) is 0 Å². The minimum absolute atomic E-state index is 0.0197. The molecule has 0 aliphatic carbocycles. The summed E-state index contributed by atoms with van der Waals surface area (Å²) in [5.74, 6) is -0.0197. The Morgan fingerprint density at radius 2 is 2.12 bits per heavy atom. The summed E-state index contributed by atoms with van der Waals surface area (Å²) in [6.07, 6.45) is 2.02. The molecular weight excluding hydrogens is 222 g/mol. The molecule has 1 aliphatic rings. The molecule has 0 aromatic carbocycles. The van der Waals surface area contributed by atoms with Gasteiger partial charge < -0.3 is 10.6 Å². The van der Waals surface area contributed by atoms with Crippen molar-refractivity contribution < 1.29 is 4.79 Å². The van der Waals surface area contributed by atoms with Gasteiger partial charge in [-0.2, -0.15) is 0 Å². The Bertz CT molecular complexity index is 383. The molecule has 16 heavy (non-hydrogen) atoms. The van der Waals surface area contributed by atoms with E-state index in [1.54, 1.807) is 11.3 Å². The minimum Gasteiger partial charge on any atom is -0.348 e. The van der Waals surface area contributed by atoms with Crippen molar-refractivity contribution in [2.45, 2.75) is 32.7 Å². The Morgan fingerprint density at radius 1 is 1.44 bits per heavy atom. The van der Waals surface area contributed by atoms with Gasteiger partial charge in [-0.15, -0.1) is 11.3 Å². The molecule has 1 aromatic heterocycles. The van der Waals surface area contributed by atoms with E-state index in [9.17, 15) is 4.79 Å². The molecule has 0 saturated carbocycles. The Hall–Kier alpha value is -0.940. The molecule has 0 radical (unpaired) electrons. The maximum atomic E-state index is 12.0. The third kappa shape index (κ3) is 2.59. The zero-order valence-corrected chi connectivity index (χ0v) is 10.5.